The topological polar surface area (TPSA) is 49.0 Å². The van der Waals surface area contributed by atoms with Crippen LogP contribution in [0.15, 0.2) is 102 Å². The van der Waals surface area contributed by atoms with E-state index in [9.17, 15) is 4.79 Å². The third-order valence-corrected chi connectivity index (χ3v) is 7.92. The largest absolute Gasteiger partial charge is 0.332 e. The molecule has 4 nitrogen and oxygen atoms in total. The minimum atomic E-state index is 0.0435. The maximum absolute atomic E-state index is 13.8. The lowest BCUT2D eigenvalue weighted by atomic mass is 10.0. The first-order valence-corrected chi connectivity index (χ1v) is 13.9. The molecule has 1 aliphatic rings. The van der Waals surface area contributed by atoms with Crippen molar-refractivity contribution < 1.29 is 4.79 Å². The normalized spacial score (nSPS) is 12.5. The molecule has 6 rings (SSSR count). The van der Waals surface area contributed by atoms with Gasteiger partial charge in [-0.3, -0.25) is 9.69 Å². The number of amides is 1. The van der Waals surface area contributed by atoms with Crippen molar-refractivity contribution in [2.75, 3.05) is 10.7 Å². The first-order valence-electron chi connectivity index (χ1n) is 12.9. The number of thioether (sulfide) groups is 1. The van der Waals surface area contributed by atoms with E-state index in [4.69, 9.17) is 4.98 Å². The lowest BCUT2D eigenvalue weighted by Gasteiger charge is -2.24. The summed E-state index contributed by atoms with van der Waals surface area (Å²) < 4.78 is 0. The second-order valence-electron chi connectivity index (χ2n) is 9.77. The zero-order chi connectivity index (χ0) is 26.1. The number of nitrogens with zero attached hydrogens (tertiary/aromatic N) is 2. The van der Waals surface area contributed by atoms with E-state index >= 15 is 0 Å². The van der Waals surface area contributed by atoms with Gasteiger partial charge in [0.25, 0.3) is 0 Å². The molecular formula is C33H29N3OS. The number of benzene rings is 4. The molecule has 1 aliphatic heterocycles. The Hall–Kier alpha value is -4.09. The summed E-state index contributed by atoms with van der Waals surface area (Å²) in [6, 6.07) is 33.4. The molecule has 0 saturated heterocycles. The Kier molecular flexibility index (Phi) is 6.61. The van der Waals surface area contributed by atoms with Gasteiger partial charge in [0.1, 0.15) is 0 Å². The summed E-state index contributed by atoms with van der Waals surface area (Å²) in [6.07, 6.45) is 1.84. The molecule has 0 saturated carbocycles. The number of aromatic amines is 1. The van der Waals surface area contributed by atoms with E-state index in [1.807, 2.05) is 29.2 Å². The molecule has 2 heterocycles. The lowest BCUT2D eigenvalue weighted by Crippen LogP contribution is -2.28. The van der Waals surface area contributed by atoms with Crippen molar-refractivity contribution in [1.29, 1.82) is 0 Å². The van der Waals surface area contributed by atoms with E-state index in [0.717, 1.165) is 51.9 Å². The van der Waals surface area contributed by atoms with Crippen LogP contribution in [0, 0.1) is 13.8 Å². The van der Waals surface area contributed by atoms with Gasteiger partial charge in [0, 0.05) is 11.1 Å². The molecule has 4 aromatic carbocycles. The number of nitrogens with one attached hydrogen (secondary N) is 1. The number of rotatable bonds is 5. The number of aromatic nitrogens is 2. The first-order chi connectivity index (χ1) is 18.6. The fourth-order valence-electron chi connectivity index (χ4n) is 5.01. The summed E-state index contributed by atoms with van der Waals surface area (Å²) in [5.41, 5.74) is 10.8. The highest BCUT2D eigenvalue weighted by Crippen LogP contribution is 2.37. The van der Waals surface area contributed by atoms with E-state index in [1.54, 1.807) is 0 Å². The molecule has 1 N–H and O–H groups in total. The van der Waals surface area contributed by atoms with Crippen LogP contribution in [-0.4, -0.2) is 21.6 Å². The van der Waals surface area contributed by atoms with E-state index in [0.29, 0.717) is 0 Å². The van der Waals surface area contributed by atoms with Gasteiger partial charge in [-0.1, -0.05) is 108 Å². The fraction of sp³-hybridized carbons (Fsp3) is 0.152. The van der Waals surface area contributed by atoms with Crippen LogP contribution >= 0.6 is 11.8 Å². The van der Waals surface area contributed by atoms with Gasteiger partial charge in [0.05, 0.1) is 28.5 Å². The van der Waals surface area contributed by atoms with Gasteiger partial charge in [-0.15, -0.1) is 0 Å². The predicted molar refractivity (Wildman–Crippen MR) is 157 cm³/mol. The zero-order valence-electron chi connectivity index (χ0n) is 21.6. The van der Waals surface area contributed by atoms with Crippen LogP contribution in [0.1, 0.15) is 22.3 Å². The Balaban J connectivity index is 1.33. The third-order valence-electron chi connectivity index (χ3n) is 7.06. The number of hydrogen-bond donors (Lipinski definition) is 1. The van der Waals surface area contributed by atoms with Gasteiger partial charge < -0.3 is 4.98 Å². The average Bonchev–Trinajstić information content (AvgIpc) is 3.29. The van der Waals surface area contributed by atoms with Gasteiger partial charge in [-0.05, 0) is 49.9 Å². The Morgan fingerprint density at radius 3 is 1.87 bits per heavy atom. The van der Waals surface area contributed by atoms with Gasteiger partial charge in [-0.2, -0.15) is 0 Å². The Bertz CT molecular complexity index is 1490. The van der Waals surface area contributed by atoms with Crippen LogP contribution in [-0.2, 0) is 17.6 Å². The first kappa shape index (κ1) is 24.3. The number of imidazole rings is 1. The van der Waals surface area contributed by atoms with Crippen molar-refractivity contribution in [2.45, 2.75) is 31.8 Å². The third kappa shape index (κ3) is 4.77. The van der Waals surface area contributed by atoms with Crippen molar-refractivity contribution in [1.82, 2.24) is 9.97 Å². The van der Waals surface area contributed by atoms with Crippen LogP contribution in [0.4, 0.5) is 11.4 Å². The average molecular weight is 516 g/mol. The monoisotopic (exact) mass is 515 g/mol. The minimum Gasteiger partial charge on any atom is -0.332 e. The smallest absolute Gasteiger partial charge is 0.242 e. The highest BCUT2D eigenvalue weighted by Gasteiger charge is 2.26. The molecule has 0 aliphatic carbocycles. The summed E-state index contributed by atoms with van der Waals surface area (Å²) in [6.45, 7) is 4.17. The SMILES string of the molecule is Cc1ccc(-c2nc(SCC(=O)N3c4ccccc4CCc4ccccc43)[nH]c2-c2ccc(C)cc2)cc1. The van der Waals surface area contributed by atoms with E-state index in [-0.39, 0.29) is 11.7 Å². The molecule has 188 valence electrons. The second-order valence-corrected chi connectivity index (χ2v) is 10.7. The summed E-state index contributed by atoms with van der Waals surface area (Å²) in [5.74, 6) is 0.318. The summed E-state index contributed by atoms with van der Waals surface area (Å²) >= 11 is 1.45. The van der Waals surface area contributed by atoms with E-state index in [1.165, 1.54) is 34.0 Å². The Morgan fingerprint density at radius 1 is 0.763 bits per heavy atom. The maximum atomic E-state index is 13.8. The van der Waals surface area contributed by atoms with Crippen LogP contribution < -0.4 is 4.90 Å². The zero-order valence-corrected chi connectivity index (χ0v) is 22.4. The van der Waals surface area contributed by atoms with Crippen LogP contribution in [0.5, 0.6) is 0 Å². The number of anilines is 2. The molecule has 0 unspecified atom stereocenters. The van der Waals surface area contributed by atoms with Crippen molar-refractivity contribution in [2.24, 2.45) is 0 Å². The Morgan fingerprint density at radius 2 is 1.29 bits per heavy atom. The van der Waals surface area contributed by atoms with Crippen molar-refractivity contribution in [3.8, 4) is 22.5 Å². The molecule has 5 heteroatoms. The number of carbonyl (C=O) groups excluding carboxylic acids is 1. The molecule has 0 radical (unpaired) electrons. The number of fused-ring (bicyclic) bond motifs is 2. The minimum absolute atomic E-state index is 0.0435. The quantitative estimate of drug-likeness (QED) is 0.242. The van der Waals surface area contributed by atoms with Crippen molar-refractivity contribution >= 4 is 29.0 Å². The molecule has 5 aromatic rings. The van der Waals surface area contributed by atoms with Gasteiger partial charge >= 0.3 is 0 Å². The fourth-order valence-corrected chi connectivity index (χ4v) is 5.73. The summed E-state index contributed by atoms with van der Waals surface area (Å²) in [5, 5.41) is 0.737. The van der Waals surface area contributed by atoms with Gasteiger partial charge in [0.15, 0.2) is 5.16 Å². The highest BCUT2D eigenvalue weighted by atomic mass is 32.2. The molecule has 0 spiro atoms. The molecule has 1 amide bonds. The second kappa shape index (κ2) is 10.3. The number of H-pyrrole nitrogens is 1. The molecular weight excluding hydrogens is 486 g/mol. The van der Waals surface area contributed by atoms with Crippen molar-refractivity contribution in [3.63, 3.8) is 0 Å². The molecule has 38 heavy (non-hydrogen) atoms. The lowest BCUT2D eigenvalue weighted by molar-refractivity contribution is -0.115. The summed E-state index contributed by atoms with van der Waals surface area (Å²) in [7, 11) is 0. The standard InChI is InChI=1S/C33H29N3OS/c1-22-11-15-26(16-12-22)31-32(27-17-13-23(2)14-18-27)35-33(34-31)38-21-30(37)36-28-9-5-3-7-24(28)19-20-25-8-4-6-10-29(25)36/h3-18H,19-21H2,1-2H3,(H,34,35). The van der Waals surface area contributed by atoms with E-state index < -0.39 is 0 Å². The van der Waals surface area contributed by atoms with Crippen molar-refractivity contribution in [3.05, 3.63) is 119 Å². The van der Waals surface area contributed by atoms with Gasteiger partial charge in [-0.25, -0.2) is 4.98 Å². The van der Waals surface area contributed by atoms with Crippen LogP contribution in [0.3, 0.4) is 0 Å². The van der Waals surface area contributed by atoms with Crippen LogP contribution in [0.25, 0.3) is 22.5 Å². The molecule has 1 aromatic heterocycles. The molecule has 0 fully saturated rings. The summed E-state index contributed by atoms with van der Waals surface area (Å²) in [4.78, 5) is 24.2. The molecule has 0 atom stereocenters. The predicted octanol–water partition coefficient (Wildman–Crippen LogP) is 7.92. The number of carbonyl (C=O) groups is 1. The highest BCUT2D eigenvalue weighted by molar-refractivity contribution is 7.99. The maximum Gasteiger partial charge on any atom is 0.242 e. The number of aryl methyl sites for hydroxylation is 4. The van der Waals surface area contributed by atoms with Crippen LogP contribution in [0.2, 0.25) is 0 Å². The number of para-hydroxylation sites is 2. The van der Waals surface area contributed by atoms with E-state index in [2.05, 4.69) is 91.6 Å². The number of hydrogen-bond acceptors (Lipinski definition) is 3. The molecule has 0 bridgehead atoms. The Labute approximate surface area is 227 Å². The van der Waals surface area contributed by atoms with Gasteiger partial charge in [0.2, 0.25) is 5.91 Å².